The number of fused-ring (bicyclic) bond motifs is 1. The summed E-state index contributed by atoms with van der Waals surface area (Å²) in [5.74, 6) is 2.50. The lowest BCUT2D eigenvalue weighted by Crippen LogP contribution is -2.51. The number of nitrogens with two attached hydrogens (primary N) is 1. The number of anilines is 1. The minimum atomic E-state index is 0. The molecule has 0 saturated carbocycles. The van der Waals surface area contributed by atoms with Gasteiger partial charge in [0.05, 0.1) is 19.8 Å². The first-order valence-corrected chi connectivity index (χ1v) is 9.92. The molecule has 8 heteroatoms. The van der Waals surface area contributed by atoms with Crippen LogP contribution in [0.15, 0.2) is 23.2 Å². The first-order chi connectivity index (χ1) is 13.0. The van der Waals surface area contributed by atoms with Gasteiger partial charge in [-0.3, -0.25) is 9.89 Å². The fourth-order valence-electron chi connectivity index (χ4n) is 3.52. The molecule has 2 heterocycles. The number of piperazine rings is 1. The third-order valence-corrected chi connectivity index (χ3v) is 5.25. The van der Waals surface area contributed by atoms with Gasteiger partial charge in [-0.25, -0.2) is 0 Å². The molecule has 158 valence electrons. The molecule has 2 aliphatic heterocycles. The van der Waals surface area contributed by atoms with E-state index < -0.39 is 0 Å². The van der Waals surface area contributed by atoms with Gasteiger partial charge in [-0.2, -0.15) is 0 Å². The number of guanidine groups is 1. The Morgan fingerprint density at radius 3 is 2.50 bits per heavy atom. The maximum atomic E-state index is 6.15. The number of likely N-dealkylation sites (N-methyl/N-ethyl adjacent to an activating group) is 1. The molecule has 0 radical (unpaired) electrons. The highest BCUT2D eigenvalue weighted by atomic mass is 127. The van der Waals surface area contributed by atoms with Gasteiger partial charge in [-0.05, 0) is 25.1 Å². The Hall–Kier alpha value is -1.26. The molecular formula is C20H34IN5O2. The summed E-state index contributed by atoms with van der Waals surface area (Å²) in [6.07, 6.45) is 0.893. The average molecular weight is 503 g/mol. The summed E-state index contributed by atoms with van der Waals surface area (Å²) in [4.78, 5) is 9.53. The topological polar surface area (TPSA) is 75.3 Å². The van der Waals surface area contributed by atoms with Crippen molar-refractivity contribution >= 4 is 35.6 Å². The molecule has 1 saturated heterocycles. The van der Waals surface area contributed by atoms with Gasteiger partial charge in [0.25, 0.3) is 0 Å². The highest BCUT2D eigenvalue weighted by Crippen LogP contribution is 2.32. The van der Waals surface area contributed by atoms with Crippen molar-refractivity contribution in [1.82, 2.24) is 9.80 Å². The van der Waals surface area contributed by atoms with Gasteiger partial charge in [-0.1, -0.05) is 13.8 Å². The van der Waals surface area contributed by atoms with Crippen LogP contribution in [-0.4, -0.2) is 74.8 Å². The zero-order valence-corrected chi connectivity index (χ0v) is 19.5. The minimum absolute atomic E-state index is 0. The Balaban J connectivity index is 0.00000280. The monoisotopic (exact) mass is 503 g/mol. The van der Waals surface area contributed by atoms with Crippen LogP contribution >= 0.6 is 24.0 Å². The molecule has 2 aliphatic rings. The van der Waals surface area contributed by atoms with Crippen molar-refractivity contribution in [3.8, 4) is 11.5 Å². The molecule has 0 spiro atoms. The third kappa shape index (κ3) is 6.38. The SMILES string of the molecule is CC(C)C(CN=C(N)Nc1ccc2c(c1)OCCCO2)N1CCN(C)CC1.I. The van der Waals surface area contributed by atoms with E-state index in [1.807, 2.05) is 18.2 Å². The molecule has 1 unspecified atom stereocenters. The maximum Gasteiger partial charge on any atom is 0.193 e. The fourth-order valence-corrected chi connectivity index (χ4v) is 3.52. The van der Waals surface area contributed by atoms with Gasteiger partial charge < -0.3 is 25.4 Å². The summed E-state index contributed by atoms with van der Waals surface area (Å²) in [5, 5.41) is 3.18. The summed E-state index contributed by atoms with van der Waals surface area (Å²) >= 11 is 0. The fraction of sp³-hybridized carbons (Fsp3) is 0.650. The molecule has 28 heavy (non-hydrogen) atoms. The van der Waals surface area contributed by atoms with Crippen molar-refractivity contribution in [3.05, 3.63) is 18.2 Å². The number of hydrogen-bond acceptors (Lipinski definition) is 5. The number of benzene rings is 1. The Labute approximate surface area is 185 Å². The van der Waals surface area contributed by atoms with E-state index in [-0.39, 0.29) is 24.0 Å². The van der Waals surface area contributed by atoms with Gasteiger partial charge >= 0.3 is 0 Å². The lowest BCUT2D eigenvalue weighted by molar-refractivity contribution is 0.0926. The Bertz CT molecular complexity index is 647. The molecule has 7 nitrogen and oxygen atoms in total. The smallest absolute Gasteiger partial charge is 0.193 e. The molecule has 1 fully saturated rings. The zero-order valence-electron chi connectivity index (χ0n) is 17.2. The highest BCUT2D eigenvalue weighted by Gasteiger charge is 2.24. The second-order valence-electron chi connectivity index (χ2n) is 7.71. The molecule has 0 aliphatic carbocycles. The van der Waals surface area contributed by atoms with Crippen molar-refractivity contribution in [2.45, 2.75) is 26.3 Å². The Morgan fingerprint density at radius 2 is 1.82 bits per heavy atom. The van der Waals surface area contributed by atoms with Gasteiger partial charge in [0.2, 0.25) is 0 Å². The van der Waals surface area contributed by atoms with E-state index >= 15 is 0 Å². The lowest BCUT2D eigenvalue weighted by atomic mass is 10.0. The second kappa shape index (κ2) is 11.1. The quantitative estimate of drug-likeness (QED) is 0.366. The molecule has 0 aromatic heterocycles. The van der Waals surface area contributed by atoms with E-state index in [1.54, 1.807) is 0 Å². The molecular weight excluding hydrogens is 469 g/mol. The van der Waals surface area contributed by atoms with E-state index in [9.17, 15) is 0 Å². The van der Waals surface area contributed by atoms with Crippen molar-refractivity contribution in [2.24, 2.45) is 16.6 Å². The molecule has 0 bridgehead atoms. The number of hydrogen-bond donors (Lipinski definition) is 2. The largest absolute Gasteiger partial charge is 0.490 e. The van der Waals surface area contributed by atoms with Crippen molar-refractivity contribution in [2.75, 3.05) is 58.3 Å². The number of rotatable bonds is 5. The summed E-state index contributed by atoms with van der Waals surface area (Å²) in [7, 11) is 2.18. The molecule has 3 N–H and O–H groups in total. The van der Waals surface area contributed by atoms with Gasteiger partial charge in [-0.15, -0.1) is 24.0 Å². The Kier molecular flexibility index (Phi) is 9.10. The zero-order chi connectivity index (χ0) is 19.2. The molecule has 1 aromatic carbocycles. The molecule has 3 rings (SSSR count). The van der Waals surface area contributed by atoms with Crippen molar-refractivity contribution in [3.63, 3.8) is 0 Å². The van der Waals surface area contributed by atoms with Crippen LogP contribution in [0.5, 0.6) is 11.5 Å². The summed E-state index contributed by atoms with van der Waals surface area (Å²) in [6, 6.07) is 6.18. The van der Waals surface area contributed by atoms with Crippen LogP contribution in [0.2, 0.25) is 0 Å². The molecule has 0 amide bonds. The summed E-state index contributed by atoms with van der Waals surface area (Å²) in [5.41, 5.74) is 7.01. The van der Waals surface area contributed by atoms with Gasteiger partial charge in [0, 0.05) is 50.4 Å². The van der Waals surface area contributed by atoms with Crippen LogP contribution < -0.4 is 20.5 Å². The first kappa shape index (κ1) is 23.0. The van der Waals surface area contributed by atoms with E-state index in [4.69, 9.17) is 15.2 Å². The van der Waals surface area contributed by atoms with E-state index in [2.05, 4.69) is 41.0 Å². The van der Waals surface area contributed by atoms with Crippen LogP contribution in [0.4, 0.5) is 5.69 Å². The predicted molar refractivity (Wildman–Crippen MR) is 125 cm³/mol. The third-order valence-electron chi connectivity index (χ3n) is 5.25. The van der Waals surface area contributed by atoms with Crippen molar-refractivity contribution < 1.29 is 9.47 Å². The minimum Gasteiger partial charge on any atom is -0.490 e. The number of nitrogens with one attached hydrogen (secondary N) is 1. The van der Waals surface area contributed by atoms with Gasteiger partial charge in [0.1, 0.15) is 0 Å². The van der Waals surface area contributed by atoms with Crippen LogP contribution in [0, 0.1) is 5.92 Å². The molecule has 1 atom stereocenters. The highest BCUT2D eigenvalue weighted by molar-refractivity contribution is 14.0. The molecule has 1 aromatic rings. The summed E-state index contributed by atoms with van der Waals surface area (Å²) < 4.78 is 11.4. The van der Waals surface area contributed by atoms with E-state index in [0.29, 0.717) is 37.7 Å². The lowest BCUT2D eigenvalue weighted by Gasteiger charge is -2.39. The van der Waals surface area contributed by atoms with Crippen LogP contribution in [-0.2, 0) is 0 Å². The van der Waals surface area contributed by atoms with Gasteiger partial charge in [0.15, 0.2) is 17.5 Å². The summed E-state index contributed by atoms with van der Waals surface area (Å²) in [6.45, 7) is 11.0. The Morgan fingerprint density at radius 1 is 1.14 bits per heavy atom. The maximum absolute atomic E-state index is 6.15. The predicted octanol–water partition coefficient (Wildman–Crippen LogP) is 2.46. The first-order valence-electron chi connectivity index (χ1n) is 9.92. The van der Waals surface area contributed by atoms with E-state index in [0.717, 1.165) is 49.8 Å². The van der Waals surface area contributed by atoms with Crippen LogP contribution in [0.3, 0.4) is 0 Å². The van der Waals surface area contributed by atoms with Crippen molar-refractivity contribution in [1.29, 1.82) is 0 Å². The number of nitrogens with zero attached hydrogens (tertiary/aromatic N) is 3. The van der Waals surface area contributed by atoms with Crippen LogP contribution in [0.1, 0.15) is 20.3 Å². The second-order valence-corrected chi connectivity index (χ2v) is 7.71. The number of halogens is 1. The average Bonchev–Trinajstić information content (AvgIpc) is 2.88. The van der Waals surface area contributed by atoms with Crippen LogP contribution in [0.25, 0.3) is 0 Å². The number of ether oxygens (including phenoxy) is 2. The normalized spacial score (nSPS) is 19.6. The van der Waals surface area contributed by atoms with E-state index in [1.165, 1.54) is 0 Å². The number of aliphatic imine (C=N–C) groups is 1. The standard InChI is InChI=1S/C20H33N5O2.HI/c1-15(2)17(25-9-7-24(3)8-10-25)14-22-20(21)23-16-5-6-18-19(13-16)27-12-4-11-26-18;/h5-6,13,15,17H,4,7-12,14H2,1-3H3,(H3,21,22,23);1H.